The van der Waals surface area contributed by atoms with Gasteiger partial charge in [-0.3, -0.25) is 4.79 Å². The van der Waals surface area contributed by atoms with Crippen LogP contribution in [0.25, 0.3) is 0 Å². The minimum Gasteiger partial charge on any atom is -0.326 e. The molecule has 2 rings (SSSR count). The second-order valence-electron chi connectivity index (χ2n) is 4.00. The molecule has 6 heteroatoms. The number of amides is 1. The highest BCUT2D eigenvalue weighted by atomic mass is 32.2. The molecule has 0 saturated heterocycles. The second-order valence-corrected chi connectivity index (χ2v) is 5.88. The number of hydrogen-bond acceptors (Lipinski definition) is 3. The van der Waals surface area contributed by atoms with Crippen molar-refractivity contribution in [1.29, 1.82) is 0 Å². The quantitative estimate of drug-likeness (QED) is 0.839. The zero-order valence-electron chi connectivity index (χ0n) is 9.43. The van der Waals surface area contributed by atoms with Crippen molar-refractivity contribution in [2.24, 2.45) is 5.92 Å². The summed E-state index contributed by atoms with van der Waals surface area (Å²) >= 11 is 0. The molecule has 1 aliphatic rings. The minimum atomic E-state index is -3.41. The zero-order chi connectivity index (χ0) is 12.5. The number of carbonyl (C=O) groups is 1. The van der Waals surface area contributed by atoms with E-state index in [0.29, 0.717) is 5.69 Å². The maximum absolute atomic E-state index is 11.5. The van der Waals surface area contributed by atoms with Crippen molar-refractivity contribution in [3.63, 3.8) is 0 Å². The largest absolute Gasteiger partial charge is 0.326 e. The molecule has 92 valence electrons. The molecule has 1 aromatic rings. The van der Waals surface area contributed by atoms with E-state index in [1.807, 2.05) is 0 Å². The Kier molecular flexibility index (Phi) is 3.17. The molecule has 17 heavy (non-hydrogen) atoms. The fraction of sp³-hybridized carbons (Fsp3) is 0.364. The van der Waals surface area contributed by atoms with Crippen LogP contribution < -0.4 is 10.0 Å². The molecule has 1 aliphatic carbocycles. The van der Waals surface area contributed by atoms with E-state index in [9.17, 15) is 13.2 Å². The molecular weight excluding hydrogens is 240 g/mol. The Hall–Kier alpha value is -1.40. The Morgan fingerprint density at radius 2 is 1.82 bits per heavy atom. The molecule has 0 aromatic heterocycles. The molecule has 0 atom stereocenters. The molecule has 0 spiro atoms. The molecule has 1 saturated carbocycles. The number of carbonyl (C=O) groups excluding carboxylic acids is 1. The first-order chi connectivity index (χ1) is 8.03. The molecule has 2 N–H and O–H groups in total. The fourth-order valence-electron chi connectivity index (χ4n) is 1.43. The Morgan fingerprint density at radius 1 is 1.24 bits per heavy atom. The van der Waals surface area contributed by atoms with Gasteiger partial charge in [0, 0.05) is 11.6 Å². The van der Waals surface area contributed by atoms with Crippen LogP contribution in [-0.4, -0.2) is 21.4 Å². The van der Waals surface area contributed by atoms with E-state index in [0.717, 1.165) is 12.8 Å². The Balaban J connectivity index is 2.10. The van der Waals surface area contributed by atoms with Crippen molar-refractivity contribution in [2.75, 3.05) is 12.4 Å². The summed E-state index contributed by atoms with van der Waals surface area (Å²) in [5.74, 6) is 0.143. The normalized spacial score (nSPS) is 15.6. The van der Waals surface area contributed by atoms with Crippen molar-refractivity contribution < 1.29 is 13.2 Å². The smallest absolute Gasteiger partial charge is 0.240 e. The summed E-state index contributed by atoms with van der Waals surface area (Å²) in [5.41, 5.74) is 0.622. The van der Waals surface area contributed by atoms with Crippen LogP contribution in [0.2, 0.25) is 0 Å². The standard InChI is InChI=1S/C11H14N2O3S/c1-12-17(15,16)10-6-4-9(5-7-10)13-11(14)8-2-3-8/h4-8,12H,2-3H2,1H3,(H,13,14). The van der Waals surface area contributed by atoms with Crippen LogP contribution in [0.1, 0.15) is 12.8 Å². The van der Waals surface area contributed by atoms with Gasteiger partial charge in [-0.15, -0.1) is 0 Å². The fourth-order valence-corrected chi connectivity index (χ4v) is 2.16. The summed E-state index contributed by atoms with van der Waals surface area (Å²) in [4.78, 5) is 11.7. The SMILES string of the molecule is CNS(=O)(=O)c1ccc(NC(=O)C2CC2)cc1. The molecule has 5 nitrogen and oxygen atoms in total. The Morgan fingerprint density at radius 3 is 2.29 bits per heavy atom. The van der Waals surface area contributed by atoms with E-state index in [-0.39, 0.29) is 16.7 Å². The molecule has 1 fully saturated rings. The van der Waals surface area contributed by atoms with Gasteiger partial charge in [-0.2, -0.15) is 0 Å². The van der Waals surface area contributed by atoms with E-state index in [4.69, 9.17) is 0 Å². The van der Waals surface area contributed by atoms with Gasteiger partial charge < -0.3 is 5.32 Å². The predicted octanol–water partition coefficient (Wildman–Crippen LogP) is 0.943. The topological polar surface area (TPSA) is 75.3 Å². The summed E-state index contributed by atoms with van der Waals surface area (Å²) in [6.45, 7) is 0. The summed E-state index contributed by atoms with van der Waals surface area (Å²) in [5, 5.41) is 2.75. The van der Waals surface area contributed by atoms with E-state index >= 15 is 0 Å². The lowest BCUT2D eigenvalue weighted by molar-refractivity contribution is -0.117. The molecule has 1 aromatic carbocycles. The first-order valence-corrected chi connectivity index (χ1v) is 6.86. The summed E-state index contributed by atoms with van der Waals surface area (Å²) in [6, 6.07) is 6.11. The highest BCUT2D eigenvalue weighted by Gasteiger charge is 2.29. The van der Waals surface area contributed by atoms with E-state index < -0.39 is 10.0 Å². The van der Waals surface area contributed by atoms with Crippen LogP contribution >= 0.6 is 0 Å². The lowest BCUT2D eigenvalue weighted by Gasteiger charge is -2.06. The number of hydrogen-bond donors (Lipinski definition) is 2. The van der Waals surface area contributed by atoms with Crippen molar-refractivity contribution in [3.05, 3.63) is 24.3 Å². The summed E-state index contributed by atoms with van der Waals surface area (Å²) in [6.07, 6.45) is 1.89. The molecule has 0 aliphatic heterocycles. The van der Waals surface area contributed by atoms with Crippen molar-refractivity contribution >= 4 is 21.6 Å². The zero-order valence-corrected chi connectivity index (χ0v) is 10.3. The average Bonchev–Trinajstić information content (AvgIpc) is 3.13. The van der Waals surface area contributed by atoms with E-state index in [2.05, 4.69) is 10.0 Å². The molecule has 0 unspecified atom stereocenters. The van der Waals surface area contributed by atoms with Gasteiger partial charge in [-0.1, -0.05) is 0 Å². The van der Waals surface area contributed by atoms with Gasteiger partial charge in [0.15, 0.2) is 0 Å². The maximum Gasteiger partial charge on any atom is 0.240 e. The van der Waals surface area contributed by atoms with Gasteiger partial charge in [0.05, 0.1) is 4.90 Å². The lowest BCUT2D eigenvalue weighted by Crippen LogP contribution is -2.18. The van der Waals surface area contributed by atoms with Gasteiger partial charge in [-0.25, -0.2) is 13.1 Å². The second kappa shape index (κ2) is 4.46. The van der Waals surface area contributed by atoms with Crippen LogP contribution in [0.5, 0.6) is 0 Å². The number of anilines is 1. The van der Waals surface area contributed by atoms with Crippen LogP contribution in [0.15, 0.2) is 29.2 Å². The minimum absolute atomic E-state index is 0.00854. The number of nitrogens with one attached hydrogen (secondary N) is 2. The van der Waals surface area contributed by atoms with Gasteiger partial charge >= 0.3 is 0 Å². The maximum atomic E-state index is 11.5. The average molecular weight is 254 g/mol. The van der Waals surface area contributed by atoms with Gasteiger partial charge in [0.1, 0.15) is 0 Å². The third-order valence-corrected chi connectivity index (χ3v) is 4.08. The number of benzene rings is 1. The monoisotopic (exact) mass is 254 g/mol. The van der Waals surface area contributed by atoms with Gasteiger partial charge in [-0.05, 0) is 44.2 Å². The Bertz CT molecular complexity index is 518. The third kappa shape index (κ3) is 2.83. The Labute approximate surface area is 100 Å². The van der Waals surface area contributed by atoms with Gasteiger partial charge in [0.2, 0.25) is 15.9 Å². The summed E-state index contributed by atoms with van der Waals surface area (Å²) in [7, 11) is -2.05. The first kappa shape index (κ1) is 12.1. The molecule has 0 radical (unpaired) electrons. The van der Waals surface area contributed by atoms with Gasteiger partial charge in [0.25, 0.3) is 0 Å². The molecule has 1 amide bonds. The first-order valence-electron chi connectivity index (χ1n) is 5.37. The van der Waals surface area contributed by atoms with Crippen LogP contribution in [-0.2, 0) is 14.8 Å². The van der Waals surface area contributed by atoms with Crippen LogP contribution in [0, 0.1) is 5.92 Å². The van der Waals surface area contributed by atoms with Crippen molar-refractivity contribution in [1.82, 2.24) is 4.72 Å². The van der Waals surface area contributed by atoms with E-state index in [1.165, 1.54) is 19.2 Å². The summed E-state index contributed by atoms with van der Waals surface area (Å²) < 4.78 is 25.1. The van der Waals surface area contributed by atoms with E-state index in [1.54, 1.807) is 12.1 Å². The van der Waals surface area contributed by atoms with Crippen LogP contribution in [0.3, 0.4) is 0 Å². The van der Waals surface area contributed by atoms with Crippen molar-refractivity contribution in [2.45, 2.75) is 17.7 Å². The predicted molar refractivity (Wildman–Crippen MR) is 64.0 cm³/mol. The third-order valence-electron chi connectivity index (χ3n) is 2.65. The molecule has 0 bridgehead atoms. The highest BCUT2D eigenvalue weighted by Crippen LogP contribution is 2.30. The number of rotatable bonds is 4. The molecule has 0 heterocycles. The highest BCUT2D eigenvalue weighted by molar-refractivity contribution is 7.89. The molecular formula is C11H14N2O3S. The van der Waals surface area contributed by atoms with Crippen LogP contribution in [0.4, 0.5) is 5.69 Å². The number of sulfonamides is 1. The lowest BCUT2D eigenvalue weighted by atomic mass is 10.3. The van der Waals surface area contributed by atoms with Crippen molar-refractivity contribution in [3.8, 4) is 0 Å².